The number of hydrogen-bond donors (Lipinski definition) is 1. The summed E-state index contributed by atoms with van der Waals surface area (Å²) in [5, 5.41) is 4.18. The molecule has 0 aliphatic carbocycles. The second kappa shape index (κ2) is 5.34. The van der Waals surface area contributed by atoms with Gasteiger partial charge in [0.15, 0.2) is 0 Å². The molecular weight excluding hydrogens is 206 g/mol. The number of rotatable bonds is 4. The van der Waals surface area contributed by atoms with Crippen molar-refractivity contribution in [2.24, 2.45) is 0 Å². The first-order chi connectivity index (χ1) is 7.04. The summed E-state index contributed by atoms with van der Waals surface area (Å²) in [6, 6.07) is 6.31. The molecule has 0 aromatic heterocycles. The van der Waals surface area contributed by atoms with Crippen molar-refractivity contribution in [3.05, 3.63) is 46.5 Å². The SMILES string of the molecule is C=C(C)C(NCC)c1cc(C)cc(Cl)c1. The van der Waals surface area contributed by atoms with E-state index >= 15 is 0 Å². The monoisotopic (exact) mass is 223 g/mol. The van der Waals surface area contributed by atoms with Gasteiger partial charge in [0.25, 0.3) is 0 Å². The van der Waals surface area contributed by atoms with E-state index in [1.165, 1.54) is 11.1 Å². The van der Waals surface area contributed by atoms with Crippen LogP contribution in [0.25, 0.3) is 0 Å². The van der Waals surface area contributed by atoms with Crippen LogP contribution in [0.1, 0.15) is 31.0 Å². The lowest BCUT2D eigenvalue weighted by molar-refractivity contribution is 0.621. The van der Waals surface area contributed by atoms with E-state index in [-0.39, 0.29) is 6.04 Å². The Balaban J connectivity index is 3.05. The van der Waals surface area contributed by atoms with Crippen molar-refractivity contribution in [3.63, 3.8) is 0 Å². The lowest BCUT2D eigenvalue weighted by atomic mass is 9.99. The lowest BCUT2D eigenvalue weighted by Crippen LogP contribution is -2.21. The van der Waals surface area contributed by atoms with Crippen LogP contribution in [-0.4, -0.2) is 6.54 Å². The number of halogens is 1. The summed E-state index contributed by atoms with van der Waals surface area (Å²) < 4.78 is 0. The van der Waals surface area contributed by atoms with Crippen LogP contribution in [0.4, 0.5) is 0 Å². The molecule has 1 atom stereocenters. The van der Waals surface area contributed by atoms with Gasteiger partial charge in [-0.2, -0.15) is 0 Å². The Morgan fingerprint density at radius 1 is 1.47 bits per heavy atom. The Hall–Kier alpha value is -0.790. The first kappa shape index (κ1) is 12.3. The van der Waals surface area contributed by atoms with Crippen molar-refractivity contribution in [1.29, 1.82) is 0 Å². The van der Waals surface area contributed by atoms with Gasteiger partial charge < -0.3 is 5.32 Å². The maximum atomic E-state index is 6.04. The molecule has 1 aromatic rings. The van der Waals surface area contributed by atoms with Crippen LogP contribution >= 0.6 is 11.6 Å². The minimum atomic E-state index is 0.201. The first-order valence-electron chi connectivity index (χ1n) is 5.20. The van der Waals surface area contributed by atoms with Crippen molar-refractivity contribution in [1.82, 2.24) is 5.32 Å². The molecule has 1 rings (SSSR count). The largest absolute Gasteiger partial charge is 0.307 e. The third kappa shape index (κ3) is 3.37. The molecule has 15 heavy (non-hydrogen) atoms. The highest BCUT2D eigenvalue weighted by Crippen LogP contribution is 2.24. The van der Waals surface area contributed by atoms with Crippen molar-refractivity contribution in [3.8, 4) is 0 Å². The van der Waals surface area contributed by atoms with E-state index in [0.717, 1.165) is 17.1 Å². The van der Waals surface area contributed by atoms with Gasteiger partial charge in [-0.25, -0.2) is 0 Å². The summed E-state index contributed by atoms with van der Waals surface area (Å²) in [6.45, 7) is 11.1. The summed E-state index contributed by atoms with van der Waals surface area (Å²) in [4.78, 5) is 0. The van der Waals surface area contributed by atoms with Crippen LogP contribution in [0.5, 0.6) is 0 Å². The van der Waals surface area contributed by atoms with Gasteiger partial charge in [-0.1, -0.05) is 36.7 Å². The first-order valence-corrected chi connectivity index (χ1v) is 5.58. The molecule has 82 valence electrons. The Morgan fingerprint density at radius 3 is 2.60 bits per heavy atom. The van der Waals surface area contributed by atoms with Gasteiger partial charge in [0.1, 0.15) is 0 Å². The summed E-state index contributed by atoms with van der Waals surface area (Å²) in [7, 11) is 0. The quantitative estimate of drug-likeness (QED) is 0.764. The zero-order chi connectivity index (χ0) is 11.4. The molecular formula is C13H18ClN. The Kier molecular flexibility index (Phi) is 4.37. The molecule has 0 fully saturated rings. The summed E-state index contributed by atoms with van der Waals surface area (Å²) in [5.74, 6) is 0. The van der Waals surface area contributed by atoms with Crippen LogP contribution in [-0.2, 0) is 0 Å². The molecule has 0 saturated carbocycles. The predicted octanol–water partition coefficient (Wildman–Crippen LogP) is 3.88. The summed E-state index contributed by atoms with van der Waals surface area (Å²) >= 11 is 6.04. The third-order valence-electron chi connectivity index (χ3n) is 2.30. The van der Waals surface area contributed by atoms with E-state index in [4.69, 9.17) is 11.6 Å². The Labute approximate surface area is 97.1 Å². The fourth-order valence-electron chi connectivity index (χ4n) is 1.71. The van der Waals surface area contributed by atoms with Gasteiger partial charge >= 0.3 is 0 Å². The minimum Gasteiger partial charge on any atom is -0.307 e. The van der Waals surface area contributed by atoms with Gasteiger partial charge in [0.05, 0.1) is 6.04 Å². The molecule has 0 spiro atoms. The zero-order valence-electron chi connectivity index (χ0n) is 9.60. The molecule has 1 unspecified atom stereocenters. The predicted molar refractivity (Wildman–Crippen MR) is 67.4 cm³/mol. The normalized spacial score (nSPS) is 12.5. The zero-order valence-corrected chi connectivity index (χ0v) is 10.4. The van der Waals surface area contributed by atoms with Crippen molar-refractivity contribution in [2.75, 3.05) is 6.54 Å². The van der Waals surface area contributed by atoms with Gasteiger partial charge in [-0.3, -0.25) is 0 Å². The average Bonchev–Trinajstić information content (AvgIpc) is 2.11. The molecule has 0 aliphatic heterocycles. The second-order valence-electron chi connectivity index (χ2n) is 3.90. The Bertz CT molecular complexity index is 337. The molecule has 0 aliphatic rings. The van der Waals surface area contributed by atoms with Gasteiger partial charge in [0.2, 0.25) is 0 Å². The number of aryl methyl sites for hydroxylation is 1. The molecule has 1 nitrogen and oxygen atoms in total. The molecule has 0 amide bonds. The van der Waals surface area contributed by atoms with Gasteiger partial charge in [-0.05, 0) is 43.7 Å². The maximum Gasteiger partial charge on any atom is 0.0531 e. The molecule has 0 bridgehead atoms. The molecule has 2 heteroatoms. The number of nitrogens with one attached hydrogen (secondary N) is 1. The van der Waals surface area contributed by atoms with E-state index in [0.29, 0.717) is 0 Å². The van der Waals surface area contributed by atoms with Crippen LogP contribution in [0.15, 0.2) is 30.4 Å². The highest BCUT2D eigenvalue weighted by molar-refractivity contribution is 6.30. The van der Waals surface area contributed by atoms with E-state index in [2.05, 4.69) is 31.8 Å². The molecule has 0 heterocycles. The third-order valence-corrected chi connectivity index (χ3v) is 2.52. The van der Waals surface area contributed by atoms with Crippen LogP contribution in [0.3, 0.4) is 0 Å². The Morgan fingerprint density at radius 2 is 2.13 bits per heavy atom. The molecule has 0 saturated heterocycles. The summed E-state index contributed by atoms with van der Waals surface area (Å²) in [6.07, 6.45) is 0. The van der Waals surface area contributed by atoms with E-state index < -0.39 is 0 Å². The average molecular weight is 224 g/mol. The van der Waals surface area contributed by atoms with Crippen molar-refractivity contribution < 1.29 is 0 Å². The number of benzene rings is 1. The van der Waals surface area contributed by atoms with Crippen LogP contribution < -0.4 is 5.32 Å². The van der Waals surface area contributed by atoms with E-state index in [1.807, 2.05) is 19.1 Å². The van der Waals surface area contributed by atoms with E-state index in [9.17, 15) is 0 Å². The molecule has 1 aromatic carbocycles. The van der Waals surface area contributed by atoms with Gasteiger partial charge in [0, 0.05) is 5.02 Å². The smallest absolute Gasteiger partial charge is 0.0531 e. The topological polar surface area (TPSA) is 12.0 Å². The standard InChI is InChI=1S/C13H18ClN/c1-5-15-13(9(2)3)11-6-10(4)7-12(14)8-11/h6-8,13,15H,2,5H2,1,3-4H3. The van der Waals surface area contributed by atoms with E-state index in [1.54, 1.807) is 0 Å². The fourth-order valence-corrected chi connectivity index (χ4v) is 2.01. The van der Waals surface area contributed by atoms with Crippen LogP contribution in [0, 0.1) is 6.92 Å². The van der Waals surface area contributed by atoms with Gasteiger partial charge in [-0.15, -0.1) is 0 Å². The minimum absolute atomic E-state index is 0.201. The van der Waals surface area contributed by atoms with Crippen molar-refractivity contribution in [2.45, 2.75) is 26.8 Å². The highest BCUT2D eigenvalue weighted by Gasteiger charge is 2.11. The summed E-state index contributed by atoms with van der Waals surface area (Å²) in [5.41, 5.74) is 3.48. The number of hydrogen-bond acceptors (Lipinski definition) is 1. The number of likely N-dealkylation sites (N-methyl/N-ethyl adjacent to an activating group) is 1. The van der Waals surface area contributed by atoms with Crippen molar-refractivity contribution >= 4 is 11.6 Å². The fraction of sp³-hybridized carbons (Fsp3) is 0.385. The molecule has 1 N–H and O–H groups in total. The lowest BCUT2D eigenvalue weighted by Gasteiger charge is -2.19. The highest BCUT2D eigenvalue weighted by atomic mass is 35.5. The maximum absolute atomic E-state index is 6.04. The second-order valence-corrected chi connectivity index (χ2v) is 4.34. The van der Waals surface area contributed by atoms with Crippen LogP contribution in [0.2, 0.25) is 5.02 Å². The molecule has 0 radical (unpaired) electrons.